The number of amides is 1. The topological polar surface area (TPSA) is 72.1 Å². The minimum Gasteiger partial charge on any atom is -0.364 e. The zero-order valence-corrected chi connectivity index (χ0v) is 18.1. The highest BCUT2D eigenvalue weighted by molar-refractivity contribution is 5.92. The van der Waals surface area contributed by atoms with Crippen LogP contribution in [0, 0.1) is 17.6 Å². The van der Waals surface area contributed by atoms with E-state index in [1.54, 1.807) is 6.07 Å². The van der Waals surface area contributed by atoms with E-state index in [4.69, 9.17) is 4.52 Å². The zero-order chi connectivity index (χ0) is 22.6. The quantitative estimate of drug-likeness (QED) is 0.569. The summed E-state index contributed by atoms with van der Waals surface area (Å²) in [7, 11) is 0. The summed E-state index contributed by atoms with van der Waals surface area (Å²) in [5.74, 6) is -0.774. The van der Waals surface area contributed by atoms with Crippen LogP contribution >= 0.6 is 0 Å². The van der Waals surface area contributed by atoms with Crippen LogP contribution in [-0.2, 0) is 5.41 Å². The van der Waals surface area contributed by atoms with Crippen molar-refractivity contribution in [2.45, 2.75) is 49.9 Å². The highest BCUT2D eigenvalue weighted by Gasteiger charge is 2.52. The summed E-state index contributed by atoms with van der Waals surface area (Å²) in [5.41, 5.74) is 2.33. The number of rotatable bonds is 3. The molecule has 3 aliphatic carbocycles. The fourth-order valence-corrected chi connectivity index (χ4v) is 6.35. The van der Waals surface area contributed by atoms with Crippen LogP contribution in [-0.4, -0.2) is 39.3 Å². The van der Waals surface area contributed by atoms with Gasteiger partial charge in [0.25, 0.3) is 5.91 Å². The lowest BCUT2D eigenvalue weighted by atomic mass is 9.54. The van der Waals surface area contributed by atoms with Gasteiger partial charge in [-0.05, 0) is 74.1 Å². The van der Waals surface area contributed by atoms with E-state index in [1.165, 1.54) is 24.5 Å². The summed E-state index contributed by atoms with van der Waals surface area (Å²) in [4.78, 5) is 14.8. The molecule has 2 aromatic heterocycles. The van der Waals surface area contributed by atoms with Gasteiger partial charge in [-0.1, -0.05) is 11.2 Å². The van der Waals surface area contributed by atoms with Crippen molar-refractivity contribution in [2.75, 3.05) is 13.1 Å². The monoisotopic (exact) mass is 450 g/mol. The van der Waals surface area contributed by atoms with Crippen LogP contribution in [0.4, 0.5) is 8.78 Å². The van der Waals surface area contributed by atoms with Crippen LogP contribution in [0.1, 0.15) is 66.2 Å². The number of halogens is 2. The van der Waals surface area contributed by atoms with Crippen LogP contribution in [0.25, 0.3) is 11.3 Å². The first-order valence-corrected chi connectivity index (χ1v) is 11.6. The van der Waals surface area contributed by atoms with Crippen LogP contribution in [0.5, 0.6) is 0 Å². The molecule has 0 N–H and O–H groups in total. The molecule has 33 heavy (non-hydrogen) atoms. The van der Waals surface area contributed by atoms with E-state index in [-0.39, 0.29) is 28.5 Å². The van der Waals surface area contributed by atoms with Gasteiger partial charge in [-0.15, -0.1) is 0 Å². The van der Waals surface area contributed by atoms with Crippen LogP contribution in [0.2, 0.25) is 0 Å². The number of hydrogen-bond acceptors (Lipinski definition) is 5. The summed E-state index contributed by atoms with van der Waals surface area (Å²) < 4.78 is 33.7. The van der Waals surface area contributed by atoms with Crippen molar-refractivity contribution in [3.05, 3.63) is 65.2 Å². The second-order valence-corrected chi connectivity index (χ2v) is 9.54. The van der Waals surface area contributed by atoms with Gasteiger partial charge >= 0.3 is 0 Å². The molecule has 1 atom stereocenters. The molecule has 6 nitrogen and oxygen atoms in total. The molecule has 0 unspecified atom stereocenters. The number of fused-ring (bicyclic) bond motifs is 2. The average molecular weight is 450 g/mol. The highest BCUT2D eigenvalue weighted by atomic mass is 19.1. The minimum atomic E-state index is -0.630. The molecule has 1 amide bonds. The van der Waals surface area contributed by atoms with E-state index in [1.807, 2.05) is 11.0 Å². The highest BCUT2D eigenvalue weighted by Crippen LogP contribution is 2.57. The molecule has 3 heterocycles. The number of nitrogens with zero attached hydrogens (tertiary/aromatic N) is 4. The Morgan fingerprint density at radius 1 is 1.09 bits per heavy atom. The second-order valence-electron chi connectivity index (χ2n) is 9.54. The van der Waals surface area contributed by atoms with Gasteiger partial charge in [0.2, 0.25) is 0 Å². The second kappa shape index (κ2) is 7.71. The molecule has 1 saturated carbocycles. The number of carbonyl (C=O) groups is 1. The number of carbonyl (C=O) groups excluding carboxylic acids is 1. The predicted molar refractivity (Wildman–Crippen MR) is 115 cm³/mol. The number of hydrogen-bond donors (Lipinski definition) is 0. The van der Waals surface area contributed by atoms with Crippen LogP contribution < -0.4 is 0 Å². The van der Waals surface area contributed by atoms with Crippen molar-refractivity contribution >= 4 is 5.91 Å². The summed E-state index contributed by atoms with van der Waals surface area (Å²) in [6, 6.07) is 7.29. The van der Waals surface area contributed by atoms with Gasteiger partial charge in [-0.2, -0.15) is 10.2 Å². The van der Waals surface area contributed by atoms with Crippen molar-refractivity contribution < 1.29 is 18.1 Å². The number of aromatic nitrogens is 3. The number of piperidine rings is 1. The molecule has 7 rings (SSSR count). The molecule has 1 aromatic carbocycles. The molecule has 2 fully saturated rings. The first-order valence-electron chi connectivity index (χ1n) is 11.6. The maximum atomic E-state index is 14.4. The van der Waals surface area contributed by atoms with E-state index in [2.05, 4.69) is 15.4 Å². The summed E-state index contributed by atoms with van der Waals surface area (Å²) >= 11 is 0. The van der Waals surface area contributed by atoms with Gasteiger partial charge in [0.05, 0.1) is 17.0 Å². The Bertz CT molecular complexity index is 1180. The predicted octanol–water partition coefficient (Wildman–Crippen LogP) is 4.87. The standard InChI is InChI=1S/C25H24F2N4O2/c26-18-4-1-5-19(27)22(18)21-13-17-15-6-9-25(10-7-15,23(17)29-28-21)16-3-2-11-31(14-16)24(32)20-8-12-33-30-20/h1,4-5,8,12-13,15-16H,2-3,6-7,9-11,14H2/t15?,16-,25?/m0/s1. The molecule has 1 saturated heterocycles. The van der Waals surface area contributed by atoms with E-state index < -0.39 is 11.6 Å². The van der Waals surface area contributed by atoms with E-state index in [0.717, 1.165) is 49.8 Å². The van der Waals surface area contributed by atoms with Gasteiger partial charge in [0.1, 0.15) is 17.9 Å². The SMILES string of the molecule is O=C(c1ccon1)N1CCC[C@H](C23CCC(CC2)c2cc(-c4c(F)cccc4F)nnc23)C1. The van der Waals surface area contributed by atoms with E-state index in [0.29, 0.717) is 24.7 Å². The number of likely N-dealkylation sites (tertiary alicyclic amines) is 1. The summed E-state index contributed by atoms with van der Waals surface area (Å²) in [6.07, 6.45) is 7.39. The Morgan fingerprint density at radius 3 is 2.61 bits per heavy atom. The first-order chi connectivity index (χ1) is 16.1. The molecule has 8 heteroatoms. The van der Waals surface area contributed by atoms with Gasteiger partial charge < -0.3 is 9.42 Å². The van der Waals surface area contributed by atoms with Gasteiger partial charge in [-0.3, -0.25) is 4.79 Å². The van der Waals surface area contributed by atoms with Gasteiger partial charge in [0.15, 0.2) is 5.69 Å². The third-order valence-corrected chi connectivity index (χ3v) is 7.98. The third kappa shape index (κ3) is 3.18. The number of benzene rings is 1. The van der Waals surface area contributed by atoms with Crippen molar-refractivity contribution in [3.63, 3.8) is 0 Å². The normalized spacial score (nSPS) is 26.3. The minimum absolute atomic E-state index is 0.106. The summed E-state index contributed by atoms with van der Waals surface area (Å²) in [6.45, 7) is 1.34. The van der Waals surface area contributed by atoms with Crippen molar-refractivity contribution in [2.24, 2.45) is 5.92 Å². The van der Waals surface area contributed by atoms with Gasteiger partial charge in [0, 0.05) is 24.6 Å². The maximum Gasteiger partial charge on any atom is 0.276 e. The molecule has 2 bridgehead atoms. The zero-order valence-electron chi connectivity index (χ0n) is 18.1. The Morgan fingerprint density at radius 2 is 1.88 bits per heavy atom. The molecule has 3 aromatic rings. The van der Waals surface area contributed by atoms with Crippen molar-refractivity contribution in [1.29, 1.82) is 0 Å². The fourth-order valence-electron chi connectivity index (χ4n) is 6.35. The van der Waals surface area contributed by atoms with Crippen LogP contribution in [0.15, 0.2) is 41.1 Å². The Balaban J connectivity index is 1.36. The molecule has 170 valence electrons. The van der Waals surface area contributed by atoms with Gasteiger partial charge in [-0.25, -0.2) is 8.78 Å². The average Bonchev–Trinajstić information content (AvgIpc) is 3.39. The molecular weight excluding hydrogens is 426 g/mol. The Kier molecular flexibility index (Phi) is 4.78. The lowest BCUT2D eigenvalue weighted by molar-refractivity contribution is 0.0474. The fraction of sp³-hybridized carbons (Fsp3) is 0.440. The largest absolute Gasteiger partial charge is 0.364 e. The molecule has 4 aliphatic rings. The van der Waals surface area contributed by atoms with E-state index in [9.17, 15) is 13.6 Å². The Hall–Kier alpha value is -3.16. The molecule has 1 aliphatic heterocycles. The maximum absolute atomic E-state index is 14.4. The lowest BCUT2D eigenvalue weighted by Gasteiger charge is -2.53. The Labute approximate surface area is 190 Å². The third-order valence-electron chi connectivity index (χ3n) is 7.98. The lowest BCUT2D eigenvalue weighted by Crippen LogP contribution is -2.52. The summed E-state index contributed by atoms with van der Waals surface area (Å²) in [5, 5.41) is 12.7. The van der Waals surface area contributed by atoms with E-state index >= 15 is 0 Å². The van der Waals surface area contributed by atoms with Crippen molar-refractivity contribution in [1.82, 2.24) is 20.3 Å². The smallest absolute Gasteiger partial charge is 0.276 e. The first kappa shape index (κ1) is 20.4. The van der Waals surface area contributed by atoms with Crippen LogP contribution in [0.3, 0.4) is 0 Å². The molecule has 0 radical (unpaired) electrons. The van der Waals surface area contributed by atoms with Crippen molar-refractivity contribution in [3.8, 4) is 11.3 Å². The molecular formula is C25H24F2N4O2. The molecule has 0 spiro atoms.